The lowest BCUT2D eigenvalue weighted by Gasteiger charge is -2.33. The first-order valence-corrected chi connectivity index (χ1v) is 9.90. The third kappa shape index (κ3) is 6.33. The van der Waals surface area contributed by atoms with Crippen LogP contribution in [0.25, 0.3) is 0 Å². The molecule has 0 spiro atoms. The summed E-state index contributed by atoms with van der Waals surface area (Å²) in [6, 6.07) is 5.94. The number of likely N-dealkylation sites (N-methyl/N-ethyl adjacent to an activating group) is 1. The molecule has 1 unspecified atom stereocenters. The van der Waals surface area contributed by atoms with E-state index in [4.69, 9.17) is 14.3 Å². The highest BCUT2D eigenvalue weighted by Gasteiger charge is 2.18. The Morgan fingerprint density at radius 1 is 1.11 bits per heavy atom. The van der Waals surface area contributed by atoms with Crippen molar-refractivity contribution in [1.29, 1.82) is 0 Å². The summed E-state index contributed by atoms with van der Waals surface area (Å²) in [5.41, 5.74) is 1.11. The summed E-state index contributed by atoms with van der Waals surface area (Å²) in [4.78, 5) is 10.3. The van der Waals surface area contributed by atoms with E-state index in [1.165, 1.54) is 0 Å². The maximum absolute atomic E-state index is 10.4. The molecule has 2 saturated heterocycles. The first-order chi connectivity index (χ1) is 13.1. The number of hydrogen-bond donors (Lipinski definition) is 1. The van der Waals surface area contributed by atoms with Crippen LogP contribution in [-0.4, -0.2) is 92.7 Å². The molecule has 1 aromatic carbocycles. The highest BCUT2D eigenvalue weighted by Crippen LogP contribution is 2.29. The molecule has 0 bridgehead atoms. The van der Waals surface area contributed by atoms with Gasteiger partial charge in [-0.25, -0.2) is 0 Å². The van der Waals surface area contributed by atoms with E-state index in [0.717, 1.165) is 64.3 Å². The molecule has 2 heterocycles. The minimum atomic E-state index is -0.521. The number of rotatable bonds is 8. The summed E-state index contributed by atoms with van der Waals surface area (Å²) in [5, 5.41) is 12.4. The van der Waals surface area contributed by atoms with Gasteiger partial charge >= 0.3 is 0 Å². The molecule has 1 aromatic rings. The van der Waals surface area contributed by atoms with E-state index in [1.54, 1.807) is 7.11 Å². The summed E-state index contributed by atoms with van der Waals surface area (Å²) >= 11 is 0. The van der Waals surface area contributed by atoms with Gasteiger partial charge in [-0.05, 0) is 37.6 Å². The maximum Gasteiger partial charge on any atom is 0.161 e. The average Bonchev–Trinajstić information content (AvgIpc) is 2.69. The number of piperazine rings is 1. The number of ether oxygens (including phenoxy) is 2. The van der Waals surface area contributed by atoms with Crippen LogP contribution < -0.4 is 9.47 Å². The first kappa shape index (κ1) is 20.4. The van der Waals surface area contributed by atoms with Crippen LogP contribution >= 0.6 is 0 Å². The van der Waals surface area contributed by atoms with Crippen molar-refractivity contribution >= 4 is 0 Å². The Morgan fingerprint density at radius 3 is 2.63 bits per heavy atom. The molecular formula is C20H33N3O4. The zero-order valence-electron chi connectivity index (χ0n) is 16.6. The van der Waals surface area contributed by atoms with Crippen LogP contribution in [0.2, 0.25) is 0 Å². The van der Waals surface area contributed by atoms with E-state index in [9.17, 15) is 5.11 Å². The molecule has 0 aromatic heterocycles. The van der Waals surface area contributed by atoms with E-state index in [-0.39, 0.29) is 6.61 Å². The predicted octanol–water partition coefficient (Wildman–Crippen LogP) is 1.21. The Labute approximate surface area is 162 Å². The third-order valence-electron chi connectivity index (χ3n) is 5.16. The highest BCUT2D eigenvalue weighted by atomic mass is 16.7. The number of hydrogen-bond acceptors (Lipinski definition) is 7. The molecule has 152 valence electrons. The molecule has 1 N–H and O–H groups in total. The lowest BCUT2D eigenvalue weighted by atomic mass is 10.2. The normalized spacial score (nSPS) is 21.1. The van der Waals surface area contributed by atoms with Gasteiger partial charge in [0.15, 0.2) is 11.5 Å². The minimum absolute atomic E-state index is 0.256. The first-order valence-electron chi connectivity index (χ1n) is 9.90. The summed E-state index contributed by atoms with van der Waals surface area (Å²) in [6.07, 6.45) is 1.77. The molecule has 2 fully saturated rings. The van der Waals surface area contributed by atoms with Gasteiger partial charge in [-0.3, -0.25) is 9.74 Å². The fourth-order valence-electron chi connectivity index (χ4n) is 3.48. The fraction of sp³-hybridized carbons (Fsp3) is 0.700. The van der Waals surface area contributed by atoms with Crippen molar-refractivity contribution in [3.8, 4) is 11.5 Å². The van der Waals surface area contributed by atoms with Gasteiger partial charge in [-0.15, -0.1) is 0 Å². The SMILES string of the molecule is COc1ccc(CN2CCCCO2)cc1OCC(O)CN1CCN(C)CC1. The molecule has 2 aliphatic heterocycles. The molecular weight excluding hydrogens is 346 g/mol. The molecule has 3 rings (SSSR count). The van der Waals surface area contributed by atoms with Crippen LogP contribution in [0, 0.1) is 0 Å². The van der Waals surface area contributed by atoms with Crippen LogP contribution in [0.15, 0.2) is 18.2 Å². The summed E-state index contributed by atoms with van der Waals surface area (Å²) in [5.74, 6) is 1.36. The Balaban J connectivity index is 1.52. The number of methoxy groups -OCH3 is 1. The largest absolute Gasteiger partial charge is 0.493 e. The molecule has 27 heavy (non-hydrogen) atoms. The van der Waals surface area contributed by atoms with Crippen molar-refractivity contribution in [2.45, 2.75) is 25.5 Å². The molecule has 0 radical (unpaired) electrons. The maximum atomic E-state index is 10.4. The van der Waals surface area contributed by atoms with Gasteiger partial charge < -0.3 is 19.5 Å². The molecule has 7 heteroatoms. The molecule has 2 aliphatic rings. The van der Waals surface area contributed by atoms with Gasteiger partial charge in [-0.1, -0.05) is 6.07 Å². The molecule has 1 atom stereocenters. The van der Waals surface area contributed by atoms with Crippen molar-refractivity contribution in [2.75, 3.05) is 66.6 Å². The van der Waals surface area contributed by atoms with Gasteiger partial charge in [0.2, 0.25) is 0 Å². The molecule has 7 nitrogen and oxygen atoms in total. The van der Waals surface area contributed by atoms with Gasteiger partial charge in [0.1, 0.15) is 12.7 Å². The molecule has 0 amide bonds. The zero-order valence-corrected chi connectivity index (χ0v) is 16.6. The smallest absolute Gasteiger partial charge is 0.161 e. The van der Waals surface area contributed by atoms with Crippen LogP contribution in [0.3, 0.4) is 0 Å². The van der Waals surface area contributed by atoms with Crippen molar-refractivity contribution in [2.24, 2.45) is 0 Å². The molecule has 0 saturated carbocycles. The van der Waals surface area contributed by atoms with Gasteiger partial charge in [-0.2, -0.15) is 5.06 Å². The summed E-state index contributed by atoms with van der Waals surface area (Å²) in [6.45, 7) is 7.42. The second-order valence-corrected chi connectivity index (χ2v) is 7.46. The second-order valence-electron chi connectivity index (χ2n) is 7.46. The number of nitrogens with zero attached hydrogens (tertiary/aromatic N) is 3. The van der Waals surface area contributed by atoms with Crippen molar-refractivity contribution in [3.05, 3.63) is 23.8 Å². The molecule has 0 aliphatic carbocycles. The Morgan fingerprint density at radius 2 is 1.93 bits per heavy atom. The number of benzene rings is 1. The summed E-state index contributed by atoms with van der Waals surface area (Å²) < 4.78 is 11.3. The van der Waals surface area contributed by atoms with Crippen molar-refractivity contribution < 1.29 is 19.4 Å². The fourth-order valence-corrected chi connectivity index (χ4v) is 3.48. The number of hydroxylamine groups is 2. The monoisotopic (exact) mass is 379 g/mol. The highest BCUT2D eigenvalue weighted by molar-refractivity contribution is 5.43. The third-order valence-corrected chi connectivity index (χ3v) is 5.16. The lowest BCUT2D eigenvalue weighted by Crippen LogP contribution is -2.47. The van der Waals surface area contributed by atoms with Crippen LogP contribution in [0.1, 0.15) is 18.4 Å². The van der Waals surface area contributed by atoms with E-state index in [0.29, 0.717) is 18.0 Å². The van der Waals surface area contributed by atoms with Gasteiger partial charge in [0.05, 0.1) is 13.7 Å². The number of β-amino-alcohol motifs (C(OH)–C–C–N with tert-alkyl or cyclic N) is 1. The second kappa shape index (κ2) is 10.2. The lowest BCUT2D eigenvalue weighted by molar-refractivity contribution is -0.187. The van der Waals surface area contributed by atoms with E-state index in [2.05, 4.69) is 16.8 Å². The van der Waals surface area contributed by atoms with Crippen LogP contribution in [0.5, 0.6) is 11.5 Å². The zero-order chi connectivity index (χ0) is 19.1. The topological polar surface area (TPSA) is 57.6 Å². The van der Waals surface area contributed by atoms with Crippen molar-refractivity contribution in [1.82, 2.24) is 14.9 Å². The van der Waals surface area contributed by atoms with Crippen LogP contribution in [0.4, 0.5) is 0 Å². The Kier molecular flexibility index (Phi) is 7.72. The van der Waals surface area contributed by atoms with Gasteiger partial charge in [0, 0.05) is 45.8 Å². The standard InChI is InChI=1S/C20H33N3O4/c1-21-8-10-22(11-9-21)15-18(24)16-26-20-13-17(5-6-19(20)25-2)14-23-7-3-4-12-27-23/h5-6,13,18,24H,3-4,7-12,14-16H2,1-2H3. The van der Waals surface area contributed by atoms with E-state index in [1.807, 2.05) is 23.3 Å². The predicted molar refractivity (Wildman–Crippen MR) is 104 cm³/mol. The van der Waals surface area contributed by atoms with Crippen molar-refractivity contribution in [3.63, 3.8) is 0 Å². The van der Waals surface area contributed by atoms with E-state index >= 15 is 0 Å². The van der Waals surface area contributed by atoms with Crippen LogP contribution in [-0.2, 0) is 11.4 Å². The summed E-state index contributed by atoms with van der Waals surface area (Å²) in [7, 11) is 3.77. The Hall–Kier alpha value is -1.38. The number of aliphatic hydroxyl groups is 1. The minimum Gasteiger partial charge on any atom is -0.493 e. The quantitative estimate of drug-likeness (QED) is 0.729. The van der Waals surface area contributed by atoms with Gasteiger partial charge in [0.25, 0.3) is 0 Å². The van der Waals surface area contributed by atoms with E-state index < -0.39 is 6.10 Å². The Bertz CT molecular complexity index is 572. The average molecular weight is 380 g/mol. The number of aliphatic hydroxyl groups excluding tert-OH is 1.